The number of para-hydroxylation sites is 4. The van der Waals surface area contributed by atoms with Crippen molar-refractivity contribution >= 4 is 66.9 Å². The molecule has 1 unspecified atom stereocenters. The second-order valence-electron chi connectivity index (χ2n) is 11.3. The zero-order valence-corrected chi connectivity index (χ0v) is 28.5. The molecule has 7 heteroatoms. The van der Waals surface area contributed by atoms with Crippen LogP contribution in [-0.4, -0.2) is 13.5 Å². The van der Waals surface area contributed by atoms with E-state index in [4.69, 9.17) is 23.9 Å². The number of nitrogens with zero attached hydrogens (tertiary/aromatic N) is 2. The number of halogens is 2. The van der Waals surface area contributed by atoms with Crippen molar-refractivity contribution in [2.45, 2.75) is 51.1 Å². The van der Waals surface area contributed by atoms with E-state index in [1.54, 1.807) is 5.57 Å². The first-order valence-electron chi connectivity index (χ1n) is 13.4. The zero-order valence-electron chi connectivity index (χ0n) is 23.7. The van der Waals surface area contributed by atoms with Gasteiger partial charge in [0, 0.05) is 16.6 Å². The van der Waals surface area contributed by atoms with Crippen LogP contribution < -0.4 is 4.57 Å². The van der Waals surface area contributed by atoms with E-state index in [1.165, 1.54) is 28.3 Å². The van der Waals surface area contributed by atoms with E-state index in [2.05, 4.69) is 129 Å². The van der Waals surface area contributed by atoms with Crippen molar-refractivity contribution in [1.29, 1.82) is 0 Å². The molecule has 4 atom stereocenters. The number of anilines is 2. The van der Waals surface area contributed by atoms with Crippen LogP contribution in [0.15, 0.2) is 83.8 Å². The van der Waals surface area contributed by atoms with Crippen LogP contribution in [0.4, 0.5) is 22.7 Å². The van der Waals surface area contributed by atoms with Crippen LogP contribution in [-0.2, 0) is 17.0 Å². The minimum atomic E-state index is -2.02. The average molecular weight is 630 g/mol. The summed E-state index contributed by atoms with van der Waals surface area (Å²) in [5.74, 6) is 2.05. The van der Waals surface area contributed by atoms with Crippen LogP contribution >= 0.6 is 30.4 Å². The number of rotatable bonds is 4. The molecule has 0 N–H and O–H groups in total. The summed E-state index contributed by atoms with van der Waals surface area (Å²) in [5, 5.41) is 5.70. The molecule has 206 valence electrons. The third-order valence-corrected chi connectivity index (χ3v) is 14.4. The molecular formula is C32H38Cl2N2SSiTi-2. The fourth-order valence-corrected chi connectivity index (χ4v) is 14.5. The third-order valence-electron chi connectivity index (χ3n) is 8.62. The maximum absolute atomic E-state index is 5.05. The predicted molar refractivity (Wildman–Crippen MR) is 174 cm³/mol. The molecule has 0 aromatic heterocycles. The quantitative estimate of drug-likeness (QED) is 0.211. The van der Waals surface area contributed by atoms with Gasteiger partial charge in [-0.25, -0.2) is 0 Å². The van der Waals surface area contributed by atoms with Crippen molar-refractivity contribution in [1.82, 2.24) is 0 Å². The van der Waals surface area contributed by atoms with Gasteiger partial charge in [0.1, 0.15) is 0 Å². The number of allylic oxidation sites excluding steroid dienone is 2. The SMILES string of the molecule is CC1=C(c2ccccc2)[C@H]2C[C@@H](C(C)C)C([Si](C)(C)N3c4ccccc4[N-]c4ccccc43)[C@H]2S1.[CH3-].[Cl][Ti][Cl]. The first-order valence-corrected chi connectivity index (χ1v) is 21.6. The monoisotopic (exact) mass is 628 g/mol. The Balaban J connectivity index is 0.000000845. The summed E-state index contributed by atoms with van der Waals surface area (Å²) in [4.78, 5) is 1.54. The van der Waals surface area contributed by atoms with Gasteiger partial charge in [0.25, 0.3) is 0 Å². The first-order chi connectivity index (χ1) is 18.3. The molecule has 0 bridgehead atoms. The molecule has 1 saturated carbocycles. The Morgan fingerprint density at radius 3 is 1.95 bits per heavy atom. The van der Waals surface area contributed by atoms with Crippen molar-refractivity contribution < 1.29 is 17.0 Å². The maximum atomic E-state index is 5.05. The van der Waals surface area contributed by atoms with E-state index in [1.807, 2.05) is 0 Å². The zero-order chi connectivity index (χ0) is 27.0. The minimum absolute atomic E-state index is 0. The molecule has 3 aromatic carbocycles. The molecule has 1 aliphatic carbocycles. The van der Waals surface area contributed by atoms with Gasteiger partial charge in [-0.3, -0.25) is 0 Å². The molecule has 0 radical (unpaired) electrons. The van der Waals surface area contributed by atoms with Gasteiger partial charge < -0.3 is 17.3 Å². The van der Waals surface area contributed by atoms with Crippen LogP contribution in [0.1, 0.15) is 32.8 Å². The van der Waals surface area contributed by atoms with E-state index in [9.17, 15) is 0 Å². The molecule has 39 heavy (non-hydrogen) atoms. The third kappa shape index (κ3) is 5.67. The molecule has 2 heterocycles. The second-order valence-corrected chi connectivity index (χ2v) is 19.7. The summed E-state index contributed by atoms with van der Waals surface area (Å²) in [6, 6.07) is 28.7. The Morgan fingerprint density at radius 1 is 0.897 bits per heavy atom. The Labute approximate surface area is 257 Å². The first kappa shape index (κ1) is 30.8. The molecule has 6 rings (SSSR count). The Hall–Kier alpha value is -1.14. The second kappa shape index (κ2) is 12.8. The van der Waals surface area contributed by atoms with E-state index in [-0.39, 0.29) is 7.43 Å². The van der Waals surface area contributed by atoms with E-state index in [0.29, 0.717) is 22.6 Å². The topological polar surface area (TPSA) is 17.3 Å². The number of thioether (sulfide) groups is 1. The molecular weight excluding hydrogens is 591 g/mol. The summed E-state index contributed by atoms with van der Waals surface area (Å²) in [6.07, 6.45) is 1.31. The molecule has 0 spiro atoms. The summed E-state index contributed by atoms with van der Waals surface area (Å²) in [6.45, 7) is 12.5. The number of hydrogen-bond acceptors (Lipinski definition) is 2. The van der Waals surface area contributed by atoms with Crippen LogP contribution in [0.25, 0.3) is 10.9 Å². The Morgan fingerprint density at radius 2 is 1.41 bits per heavy atom. The van der Waals surface area contributed by atoms with Crippen LogP contribution in [0, 0.1) is 25.2 Å². The fraction of sp³-hybridized carbons (Fsp3) is 0.344. The molecule has 2 nitrogen and oxygen atoms in total. The van der Waals surface area contributed by atoms with E-state index >= 15 is 0 Å². The number of fused-ring (bicyclic) bond motifs is 3. The Kier molecular flexibility index (Phi) is 10.1. The van der Waals surface area contributed by atoms with Gasteiger partial charge in [-0.05, 0) is 64.8 Å². The molecule has 3 aliphatic rings. The predicted octanol–water partition coefficient (Wildman–Crippen LogP) is 11.7. The standard InChI is InChI=1S/C31H35N2SSi.CH3.2ClH.Ti/c1-20(2)23-19-24-29(22-13-7-6-8-14-22)21(3)34-30(24)31(23)35(4,5)33-27-17-11-9-15-25(27)32-26-16-10-12-18-28(26)33;;;;/h6-18,20,23-24,30-31H,19H2,1-5H3;1H3;2*1H;/q2*-1;;;+2/p-2/t23-,24+,30-,31?;;;;/m0..../s1. The Bertz CT molecular complexity index is 1270. The molecule has 0 saturated heterocycles. The van der Waals surface area contributed by atoms with E-state index in [0.717, 1.165) is 17.3 Å². The van der Waals surface area contributed by atoms with Crippen molar-refractivity contribution in [3.63, 3.8) is 0 Å². The van der Waals surface area contributed by atoms with Crippen molar-refractivity contribution in [2.24, 2.45) is 17.8 Å². The van der Waals surface area contributed by atoms with Crippen LogP contribution in [0.3, 0.4) is 0 Å². The molecule has 2 aliphatic heterocycles. The van der Waals surface area contributed by atoms with Gasteiger partial charge in [-0.15, -0.1) is 23.1 Å². The molecule has 1 fully saturated rings. The van der Waals surface area contributed by atoms with Gasteiger partial charge in [0.05, 0.1) is 0 Å². The summed E-state index contributed by atoms with van der Waals surface area (Å²) < 4.78 is 2.77. The average Bonchev–Trinajstić information content (AvgIpc) is 3.43. The van der Waals surface area contributed by atoms with Crippen LogP contribution in [0.2, 0.25) is 18.6 Å². The number of benzene rings is 3. The van der Waals surface area contributed by atoms with Gasteiger partial charge >= 0.3 is 35.6 Å². The summed E-state index contributed by atoms with van der Waals surface area (Å²) in [5.41, 5.74) is 8.55. The molecule has 0 amide bonds. The van der Waals surface area contributed by atoms with E-state index < -0.39 is 25.3 Å². The van der Waals surface area contributed by atoms with Gasteiger partial charge in [-0.2, -0.15) is 0 Å². The van der Waals surface area contributed by atoms with Gasteiger partial charge in [0.2, 0.25) is 0 Å². The van der Waals surface area contributed by atoms with Crippen molar-refractivity contribution in [3.8, 4) is 0 Å². The summed E-state index contributed by atoms with van der Waals surface area (Å²) in [7, 11) is 7.76. The normalized spacial score (nSPS) is 23.1. The van der Waals surface area contributed by atoms with Crippen molar-refractivity contribution in [2.75, 3.05) is 4.57 Å². The number of hydrogen-bond donors (Lipinski definition) is 0. The fourth-order valence-electron chi connectivity index (χ4n) is 7.21. The molecule has 3 aromatic rings. The van der Waals surface area contributed by atoms with Crippen LogP contribution in [0.5, 0.6) is 0 Å². The van der Waals surface area contributed by atoms with Crippen molar-refractivity contribution in [3.05, 3.63) is 102 Å². The van der Waals surface area contributed by atoms with Gasteiger partial charge in [-0.1, -0.05) is 93.7 Å². The van der Waals surface area contributed by atoms with Gasteiger partial charge in [0.15, 0.2) is 8.24 Å². The summed E-state index contributed by atoms with van der Waals surface area (Å²) >= 11 is 1.63.